The second-order valence-corrected chi connectivity index (χ2v) is 3.80. The molecular formula is C13H10N2O4. The van der Waals surface area contributed by atoms with E-state index in [4.69, 9.17) is 4.74 Å². The number of rotatable bonds is 4. The average Bonchev–Trinajstić information content (AvgIpc) is 2.41. The van der Waals surface area contributed by atoms with Crippen molar-refractivity contribution in [3.63, 3.8) is 0 Å². The number of aldehydes is 1. The molecule has 0 saturated carbocycles. The number of pyridine rings is 1. The maximum absolute atomic E-state index is 11.0. The third kappa shape index (κ3) is 2.57. The molecular weight excluding hydrogens is 248 g/mol. The number of hydrogen-bond acceptors (Lipinski definition) is 5. The van der Waals surface area contributed by atoms with Gasteiger partial charge in [0.2, 0.25) is 11.6 Å². The second-order valence-electron chi connectivity index (χ2n) is 3.80. The Bertz CT molecular complexity index is 640. The Kier molecular flexibility index (Phi) is 3.51. The number of benzene rings is 1. The van der Waals surface area contributed by atoms with E-state index >= 15 is 0 Å². The van der Waals surface area contributed by atoms with Crippen molar-refractivity contribution in [1.29, 1.82) is 0 Å². The zero-order valence-corrected chi connectivity index (χ0v) is 10.1. The summed E-state index contributed by atoms with van der Waals surface area (Å²) in [7, 11) is 0. The highest BCUT2D eigenvalue weighted by atomic mass is 16.6. The van der Waals surface area contributed by atoms with Crippen molar-refractivity contribution in [2.45, 2.75) is 6.92 Å². The summed E-state index contributed by atoms with van der Waals surface area (Å²) in [6.07, 6.45) is 2.04. The number of carbonyl (C=O) groups excluding carboxylic acids is 1. The minimum Gasteiger partial charge on any atom is -0.431 e. The van der Waals surface area contributed by atoms with Crippen LogP contribution in [0.2, 0.25) is 0 Å². The first-order chi connectivity index (χ1) is 9.13. The summed E-state index contributed by atoms with van der Waals surface area (Å²) in [6.45, 7) is 1.69. The van der Waals surface area contributed by atoms with Crippen LogP contribution in [0.3, 0.4) is 0 Å². The topological polar surface area (TPSA) is 82.3 Å². The van der Waals surface area contributed by atoms with Crippen LogP contribution in [0.4, 0.5) is 5.69 Å². The lowest BCUT2D eigenvalue weighted by Crippen LogP contribution is -1.98. The largest absolute Gasteiger partial charge is 0.431 e. The van der Waals surface area contributed by atoms with Crippen LogP contribution in [0.1, 0.15) is 15.9 Å². The van der Waals surface area contributed by atoms with E-state index in [0.717, 1.165) is 0 Å². The summed E-state index contributed by atoms with van der Waals surface area (Å²) in [5, 5.41) is 11.0. The molecule has 0 bridgehead atoms. The molecule has 96 valence electrons. The number of nitro benzene ring substituents is 1. The van der Waals surface area contributed by atoms with Gasteiger partial charge >= 0.3 is 5.69 Å². The summed E-state index contributed by atoms with van der Waals surface area (Å²) in [5.41, 5.74) is 0.666. The zero-order chi connectivity index (χ0) is 13.8. The first-order valence-corrected chi connectivity index (χ1v) is 5.45. The van der Waals surface area contributed by atoms with Gasteiger partial charge in [-0.2, -0.15) is 0 Å². The van der Waals surface area contributed by atoms with Crippen molar-refractivity contribution >= 4 is 12.0 Å². The lowest BCUT2D eigenvalue weighted by atomic mass is 10.2. The van der Waals surface area contributed by atoms with Crippen molar-refractivity contribution in [3.05, 3.63) is 57.8 Å². The Labute approximate surface area is 108 Å². The number of carbonyl (C=O) groups is 1. The van der Waals surface area contributed by atoms with Gasteiger partial charge in [-0.25, -0.2) is 4.98 Å². The van der Waals surface area contributed by atoms with Gasteiger partial charge in [-0.05, 0) is 24.6 Å². The van der Waals surface area contributed by atoms with E-state index in [1.165, 1.54) is 18.3 Å². The van der Waals surface area contributed by atoms with Crippen LogP contribution in [-0.4, -0.2) is 16.2 Å². The van der Waals surface area contributed by atoms with Gasteiger partial charge in [0.1, 0.15) is 0 Å². The van der Waals surface area contributed by atoms with Crippen molar-refractivity contribution < 1.29 is 14.5 Å². The summed E-state index contributed by atoms with van der Waals surface area (Å²) < 4.78 is 5.44. The van der Waals surface area contributed by atoms with Gasteiger partial charge in [-0.15, -0.1) is 0 Å². The molecule has 1 aromatic heterocycles. The van der Waals surface area contributed by atoms with Gasteiger partial charge in [0.25, 0.3) is 0 Å². The first kappa shape index (κ1) is 12.7. The van der Waals surface area contributed by atoms with Crippen molar-refractivity contribution in [2.24, 2.45) is 0 Å². The fraction of sp³-hybridized carbons (Fsp3) is 0.0769. The molecule has 0 atom stereocenters. The number of ether oxygens (including phenoxy) is 1. The van der Waals surface area contributed by atoms with E-state index in [1.54, 1.807) is 25.1 Å². The summed E-state index contributed by atoms with van der Waals surface area (Å²) in [5.74, 6) is 0.143. The van der Waals surface area contributed by atoms with Gasteiger partial charge < -0.3 is 4.74 Å². The highest BCUT2D eigenvalue weighted by Crippen LogP contribution is 2.34. The molecule has 2 rings (SSSR count). The normalized spacial score (nSPS) is 9.95. The molecule has 2 aromatic rings. The number of nitrogens with zero attached hydrogens (tertiary/aromatic N) is 2. The fourth-order valence-electron chi connectivity index (χ4n) is 1.59. The van der Waals surface area contributed by atoms with E-state index < -0.39 is 4.92 Å². The zero-order valence-electron chi connectivity index (χ0n) is 10.1. The number of hydrogen-bond donors (Lipinski definition) is 0. The van der Waals surface area contributed by atoms with Gasteiger partial charge in [0, 0.05) is 12.3 Å². The smallest absolute Gasteiger partial charge is 0.311 e. The summed E-state index contributed by atoms with van der Waals surface area (Å²) in [6, 6.07) is 7.71. The van der Waals surface area contributed by atoms with E-state index in [1.807, 2.05) is 0 Å². The Hall–Kier alpha value is -2.76. The Balaban J connectivity index is 2.49. The van der Waals surface area contributed by atoms with Gasteiger partial charge in [-0.3, -0.25) is 14.9 Å². The molecule has 0 aliphatic rings. The second kappa shape index (κ2) is 5.26. The number of nitro groups is 1. The molecule has 0 unspecified atom stereocenters. The van der Waals surface area contributed by atoms with Crippen LogP contribution in [0.25, 0.3) is 0 Å². The SMILES string of the molecule is Cc1cccc([N+](=O)[O-])c1Oc1ncccc1C=O. The maximum atomic E-state index is 11.0. The molecule has 0 saturated heterocycles. The van der Waals surface area contributed by atoms with Gasteiger partial charge in [0.15, 0.2) is 6.29 Å². The Morgan fingerprint density at radius 3 is 2.79 bits per heavy atom. The highest BCUT2D eigenvalue weighted by molar-refractivity contribution is 5.78. The monoisotopic (exact) mass is 258 g/mol. The molecule has 19 heavy (non-hydrogen) atoms. The first-order valence-electron chi connectivity index (χ1n) is 5.45. The lowest BCUT2D eigenvalue weighted by Gasteiger charge is -2.09. The minimum atomic E-state index is -0.536. The van der Waals surface area contributed by atoms with E-state index in [0.29, 0.717) is 11.8 Å². The molecule has 0 N–H and O–H groups in total. The summed E-state index contributed by atoms with van der Waals surface area (Å²) in [4.78, 5) is 25.2. The standard InChI is InChI=1S/C13H10N2O4/c1-9-4-2-6-11(15(17)18)12(9)19-13-10(8-16)5-3-7-14-13/h2-8H,1H3. The maximum Gasteiger partial charge on any atom is 0.311 e. The molecule has 0 spiro atoms. The van der Waals surface area contributed by atoms with E-state index in [9.17, 15) is 14.9 Å². The predicted molar refractivity (Wildman–Crippen MR) is 67.5 cm³/mol. The van der Waals surface area contributed by atoms with Crippen molar-refractivity contribution in [2.75, 3.05) is 0 Å². The van der Waals surface area contributed by atoms with E-state index in [-0.39, 0.29) is 22.9 Å². The van der Waals surface area contributed by atoms with Crippen LogP contribution in [0.5, 0.6) is 11.6 Å². The van der Waals surface area contributed by atoms with Crippen molar-refractivity contribution in [1.82, 2.24) is 4.98 Å². The Morgan fingerprint density at radius 1 is 1.32 bits per heavy atom. The molecule has 0 fully saturated rings. The molecule has 1 aromatic carbocycles. The number of aryl methyl sites for hydroxylation is 1. The predicted octanol–water partition coefficient (Wildman–Crippen LogP) is 2.90. The third-order valence-electron chi connectivity index (χ3n) is 2.51. The van der Waals surface area contributed by atoms with Crippen molar-refractivity contribution in [3.8, 4) is 11.6 Å². The number of para-hydroxylation sites is 1. The van der Waals surface area contributed by atoms with Crippen LogP contribution in [0, 0.1) is 17.0 Å². The molecule has 1 heterocycles. The van der Waals surface area contributed by atoms with Crippen LogP contribution in [-0.2, 0) is 0 Å². The third-order valence-corrected chi connectivity index (χ3v) is 2.51. The quantitative estimate of drug-likeness (QED) is 0.478. The fourth-order valence-corrected chi connectivity index (χ4v) is 1.59. The minimum absolute atomic E-state index is 0.0508. The van der Waals surface area contributed by atoms with Crippen LogP contribution >= 0.6 is 0 Å². The lowest BCUT2D eigenvalue weighted by molar-refractivity contribution is -0.385. The van der Waals surface area contributed by atoms with E-state index in [2.05, 4.69) is 4.98 Å². The highest BCUT2D eigenvalue weighted by Gasteiger charge is 2.19. The van der Waals surface area contributed by atoms with Crippen LogP contribution < -0.4 is 4.74 Å². The molecule has 6 nitrogen and oxygen atoms in total. The summed E-state index contributed by atoms with van der Waals surface area (Å²) >= 11 is 0. The molecule has 0 aliphatic carbocycles. The van der Waals surface area contributed by atoms with Gasteiger partial charge in [-0.1, -0.05) is 12.1 Å². The average molecular weight is 258 g/mol. The Morgan fingerprint density at radius 2 is 2.11 bits per heavy atom. The number of aromatic nitrogens is 1. The molecule has 6 heteroatoms. The molecule has 0 radical (unpaired) electrons. The molecule has 0 aliphatic heterocycles. The van der Waals surface area contributed by atoms with Gasteiger partial charge in [0.05, 0.1) is 10.5 Å². The molecule has 0 amide bonds. The van der Waals surface area contributed by atoms with Crippen LogP contribution in [0.15, 0.2) is 36.5 Å².